The van der Waals surface area contributed by atoms with Crippen LogP contribution in [0.5, 0.6) is 0 Å². The summed E-state index contributed by atoms with van der Waals surface area (Å²) in [6, 6.07) is -1.94. The summed E-state index contributed by atoms with van der Waals surface area (Å²) in [5.74, 6) is 0. The molecule has 1 saturated carbocycles. The van der Waals surface area contributed by atoms with Gasteiger partial charge in [0.25, 0.3) is 0 Å². The van der Waals surface area contributed by atoms with Gasteiger partial charge in [0.2, 0.25) is 6.05 Å². The monoisotopic (exact) mass is 164 g/mol. The molecule has 3 heteroatoms. The van der Waals surface area contributed by atoms with Crippen molar-refractivity contribution in [3.05, 3.63) is 0 Å². The van der Waals surface area contributed by atoms with Gasteiger partial charge in [0.05, 0.1) is 0 Å². The molecule has 0 spiro atoms. The highest BCUT2D eigenvalue weighted by atomic mass is 28.2. The minimum atomic E-state index is -1.94. The van der Waals surface area contributed by atoms with Gasteiger partial charge in [-0.3, -0.25) is 0 Å². The van der Waals surface area contributed by atoms with Gasteiger partial charge in [-0.25, -0.2) is 8.78 Å². The zero-order valence-corrected chi connectivity index (χ0v) is 7.57. The first kappa shape index (κ1) is 8.18. The van der Waals surface area contributed by atoms with E-state index in [2.05, 4.69) is 0 Å². The Morgan fingerprint density at radius 2 is 1.70 bits per heavy atom. The summed E-state index contributed by atoms with van der Waals surface area (Å²) >= 11 is 0. The molecule has 0 heterocycles. The van der Waals surface area contributed by atoms with Crippen molar-refractivity contribution in [2.75, 3.05) is 0 Å². The molecule has 1 fully saturated rings. The second kappa shape index (κ2) is 4.06. The summed E-state index contributed by atoms with van der Waals surface area (Å²) in [7, 11) is -1.03. The Hall–Kier alpha value is 0.0769. The Kier molecular flexibility index (Phi) is 3.32. The molecular formula is C7H14F2Si. The lowest BCUT2D eigenvalue weighted by Gasteiger charge is -2.19. The van der Waals surface area contributed by atoms with E-state index in [4.69, 9.17) is 0 Å². The second-order valence-corrected chi connectivity index (χ2v) is 5.37. The molecule has 0 aromatic carbocycles. The molecule has 1 rings (SSSR count). The predicted molar refractivity (Wildman–Crippen MR) is 41.4 cm³/mol. The second-order valence-electron chi connectivity index (χ2n) is 3.13. The molecule has 0 radical (unpaired) electrons. The van der Waals surface area contributed by atoms with Gasteiger partial charge in [0.1, 0.15) is 9.52 Å². The molecule has 0 amide bonds. The Morgan fingerprint density at radius 3 is 2.20 bits per heavy atom. The minimum absolute atomic E-state index is 0.466. The standard InChI is InChI=1S/C7H14F2Si/c8-7(9)10-6-4-2-1-3-5-6/h6-7H,1-5,10H2. The van der Waals surface area contributed by atoms with Crippen LogP contribution in [0.1, 0.15) is 32.1 Å². The number of hydrogen-bond acceptors (Lipinski definition) is 0. The molecule has 0 nitrogen and oxygen atoms in total. The molecule has 0 aromatic rings. The number of alkyl halides is 2. The van der Waals surface area contributed by atoms with Gasteiger partial charge >= 0.3 is 0 Å². The predicted octanol–water partition coefficient (Wildman–Crippen LogP) is 2.13. The fraction of sp³-hybridized carbons (Fsp3) is 1.00. The molecule has 0 atom stereocenters. The van der Waals surface area contributed by atoms with Gasteiger partial charge < -0.3 is 0 Å². The van der Waals surface area contributed by atoms with Crippen molar-refractivity contribution < 1.29 is 8.78 Å². The average molecular weight is 164 g/mol. The third-order valence-electron chi connectivity index (χ3n) is 2.24. The number of halogens is 2. The van der Waals surface area contributed by atoms with Crippen molar-refractivity contribution in [3.8, 4) is 0 Å². The van der Waals surface area contributed by atoms with Crippen molar-refractivity contribution >= 4 is 9.52 Å². The molecule has 0 saturated heterocycles. The lowest BCUT2D eigenvalue weighted by molar-refractivity contribution is 0.233. The Bertz CT molecular complexity index is 89.6. The van der Waals surface area contributed by atoms with E-state index < -0.39 is 15.6 Å². The third-order valence-corrected chi connectivity index (χ3v) is 4.08. The lowest BCUT2D eigenvalue weighted by atomic mass is 10.0. The molecule has 0 aromatic heterocycles. The Balaban J connectivity index is 2.13. The van der Waals surface area contributed by atoms with Gasteiger partial charge in [-0.2, -0.15) is 0 Å². The summed E-state index contributed by atoms with van der Waals surface area (Å²) in [6.45, 7) is 0. The first-order valence-corrected chi connectivity index (χ1v) is 5.70. The molecule has 10 heavy (non-hydrogen) atoms. The van der Waals surface area contributed by atoms with E-state index in [-0.39, 0.29) is 0 Å². The minimum Gasteiger partial charge on any atom is -0.216 e. The van der Waals surface area contributed by atoms with Crippen LogP contribution in [0, 0.1) is 0 Å². The van der Waals surface area contributed by atoms with Crippen molar-refractivity contribution in [1.29, 1.82) is 0 Å². The molecule has 0 bridgehead atoms. The molecule has 0 aliphatic heterocycles. The quantitative estimate of drug-likeness (QED) is 0.548. The van der Waals surface area contributed by atoms with Crippen LogP contribution < -0.4 is 0 Å². The summed E-state index contributed by atoms with van der Waals surface area (Å²) in [5, 5.41) is 0. The maximum Gasteiger partial charge on any atom is 0.214 e. The van der Waals surface area contributed by atoms with Crippen molar-refractivity contribution in [2.24, 2.45) is 0 Å². The maximum absolute atomic E-state index is 11.9. The SMILES string of the molecule is FC(F)[SiH2]C1CCCCC1. The van der Waals surface area contributed by atoms with E-state index in [0.29, 0.717) is 5.54 Å². The fourth-order valence-electron chi connectivity index (χ4n) is 1.67. The van der Waals surface area contributed by atoms with E-state index in [9.17, 15) is 8.78 Å². The normalized spacial score (nSPS) is 23.1. The van der Waals surface area contributed by atoms with E-state index in [0.717, 1.165) is 12.8 Å². The number of hydrogen-bond donors (Lipinski definition) is 0. The molecule has 0 N–H and O–H groups in total. The third kappa shape index (κ3) is 2.77. The summed E-state index contributed by atoms with van der Waals surface area (Å²) < 4.78 is 23.8. The van der Waals surface area contributed by atoms with Gasteiger partial charge in [-0.05, 0) is 5.54 Å². The number of rotatable bonds is 2. The van der Waals surface area contributed by atoms with Crippen LogP contribution in [0.3, 0.4) is 0 Å². The smallest absolute Gasteiger partial charge is 0.214 e. The highest BCUT2D eigenvalue weighted by Gasteiger charge is 2.18. The first-order valence-electron chi connectivity index (χ1n) is 4.07. The largest absolute Gasteiger partial charge is 0.216 e. The van der Waals surface area contributed by atoms with E-state index >= 15 is 0 Å². The van der Waals surface area contributed by atoms with Crippen LogP contribution in [0.4, 0.5) is 8.78 Å². The van der Waals surface area contributed by atoms with E-state index in [1.165, 1.54) is 19.3 Å². The van der Waals surface area contributed by atoms with Crippen LogP contribution in [-0.2, 0) is 0 Å². The first-order chi connectivity index (χ1) is 4.79. The molecule has 0 unspecified atom stereocenters. The zero-order valence-electron chi connectivity index (χ0n) is 6.15. The fourth-order valence-corrected chi connectivity index (χ4v) is 3.23. The van der Waals surface area contributed by atoms with Gasteiger partial charge in [0, 0.05) is 0 Å². The van der Waals surface area contributed by atoms with Crippen LogP contribution in [0.2, 0.25) is 5.54 Å². The van der Waals surface area contributed by atoms with Crippen LogP contribution >= 0.6 is 0 Å². The van der Waals surface area contributed by atoms with Gasteiger partial charge in [-0.15, -0.1) is 0 Å². The Morgan fingerprint density at radius 1 is 1.10 bits per heavy atom. The highest BCUT2D eigenvalue weighted by Crippen LogP contribution is 2.28. The summed E-state index contributed by atoms with van der Waals surface area (Å²) in [4.78, 5) is 0. The van der Waals surface area contributed by atoms with Crippen molar-refractivity contribution in [2.45, 2.75) is 43.7 Å². The Labute approximate surface area is 62.8 Å². The molecular weight excluding hydrogens is 150 g/mol. The van der Waals surface area contributed by atoms with Crippen LogP contribution in [0.15, 0.2) is 0 Å². The molecule has 60 valence electrons. The van der Waals surface area contributed by atoms with E-state index in [1.807, 2.05) is 0 Å². The van der Waals surface area contributed by atoms with Crippen molar-refractivity contribution in [1.82, 2.24) is 0 Å². The summed E-state index contributed by atoms with van der Waals surface area (Å²) in [6.07, 6.45) is 5.86. The molecule has 1 aliphatic rings. The lowest BCUT2D eigenvalue weighted by Crippen LogP contribution is -2.15. The van der Waals surface area contributed by atoms with Crippen LogP contribution in [-0.4, -0.2) is 15.6 Å². The molecule has 1 aliphatic carbocycles. The van der Waals surface area contributed by atoms with Gasteiger partial charge in [0.15, 0.2) is 0 Å². The average Bonchev–Trinajstić information content (AvgIpc) is 1.88. The van der Waals surface area contributed by atoms with Gasteiger partial charge in [-0.1, -0.05) is 32.1 Å². The highest BCUT2D eigenvalue weighted by molar-refractivity contribution is 6.38. The maximum atomic E-state index is 11.9. The topological polar surface area (TPSA) is 0 Å². The van der Waals surface area contributed by atoms with E-state index in [1.54, 1.807) is 0 Å². The summed E-state index contributed by atoms with van der Waals surface area (Å²) in [5.41, 5.74) is 0.466. The van der Waals surface area contributed by atoms with Crippen LogP contribution in [0.25, 0.3) is 0 Å². The zero-order chi connectivity index (χ0) is 7.40. The van der Waals surface area contributed by atoms with Crippen molar-refractivity contribution in [3.63, 3.8) is 0 Å².